The van der Waals surface area contributed by atoms with Crippen molar-refractivity contribution in [3.8, 4) is 6.19 Å². The Bertz CT molecular complexity index is 202. The number of hydrogen-bond acceptors (Lipinski definition) is 3. The van der Waals surface area contributed by atoms with Crippen LogP contribution in [-0.4, -0.2) is 35.6 Å². The number of nitrogens with zero attached hydrogens (tertiary/aromatic N) is 2. The summed E-state index contributed by atoms with van der Waals surface area (Å²) in [5, 5.41) is 17.0. The number of rotatable bonds is 1. The minimum absolute atomic E-state index is 0.178. The van der Waals surface area contributed by atoms with Gasteiger partial charge in [-0.2, -0.15) is 5.26 Å². The Kier molecular flexibility index (Phi) is 2.48. The summed E-state index contributed by atoms with van der Waals surface area (Å²) in [4.78, 5) is 1.02. The summed E-state index contributed by atoms with van der Waals surface area (Å²) in [7, 11) is 0. The van der Waals surface area contributed by atoms with Gasteiger partial charge in [-0.05, 0) is 6.42 Å². The first-order valence-electron chi connectivity index (χ1n) is 3.73. The molecule has 0 spiro atoms. The predicted molar refractivity (Wildman–Crippen MR) is 37.3 cm³/mol. The minimum atomic E-state index is -2.93. The molecule has 0 aromatic heterocycles. The van der Waals surface area contributed by atoms with E-state index in [0.717, 1.165) is 4.90 Å². The van der Waals surface area contributed by atoms with Crippen LogP contribution in [0.4, 0.5) is 8.78 Å². The largest absolute Gasteiger partial charge is 0.396 e. The lowest BCUT2D eigenvalue weighted by Gasteiger charge is -2.34. The standard InChI is InChI=1S/C7H10F2N2O/c8-7(9)4-11(5-10)2-1-6(7)3-12/h6,12H,1-4H2. The Morgan fingerprint density at radius 3 is 2.75 bits per heavy atom. The lowest BCUT2D eigenvalue weighted by atomic mass is 9.94. The molecule has 1 unspecified atom stereocenters. The van der Waals surface area contributed by atoms with Gasteiger partial charge in [0.1, 0.15) is 0 Å². The summed E-state index contributed by atoms with van der Waals surface area (Å²) in [6, 6.07) is 0. The van der Waals surface area contributed by atoms with Gasteiger partial charge in [0.25, 0.3) is 5.92 Å². The van der Waals surface area contributed by atoms with Gasteiger partial charge < -0.3 is 10.0 Å². The molecule has 12 heavy (non-hydrogen) atoms. The summed E-state index contributed by atoms with van der Waals surface area (Å²) in [5.74, 6) is -3.91. The van der Waals surface area contributed by atoms with Crippen molar-refractivity contribution >= 4 is 0 Å². The first-order valence-corrected chi connectivity index (χ1v) is 3.73. The number of hydrogen-bond donors (Lipinski definition) is 1. The van der Waals surface area contributed by atoms with Crippen LogP contribution >= 0.6 is 0 Å². The van der Waals surface area contributed by atoms with Gasteiger partial charge in [0.15, 0.2) is 6.19 Å². The fourth-order valence-electron chi connectivity index (χ4n) is 1.30. The van der Waals surface area contributed by atoms with Gasteiger partial charge in [-0.1, -0.05) is 0 Å². The molecule has 1 atom stereocenters. The van der Waals surface area contributed by atoms with E-state index >= 15 is 0 Å². The lowest BCUT2D eigenvalue weighted by Crippen LogP contribution is -2.47. The van der Waals surface area contributed by atoms with E-state index < -0.39 is 25.0 Å². The first-order chi connectivity index (χ1) is 5.60. The van der Waals surface area contributed by atoms with Crippen molar-refractivity contribution in [2.45, 2.75) is 12.3 Å². The highest BCUT2D eigenvalue weighted by Gasteiger charge is 2.43. The molecule has 1 rings (SSSR count). The van der Waals surface area contributed by atoms with Crippen molar-refractivity contribution in [3.63, 3.8) is 0 Å². The molecule has 0 aromatic rings. The number of aliphatic hydroxyl groups is 1. The molecule has 1 saturated heterocycles. The zero-order valence-electron chi connectivity index (χ0n) is 6.50. The molecule has 3 nitrogen and oxygen atoms in total. The Morgan fingerprint density at radius 2 is 2.33 bits per heavy atom. The molecule has 0 aromatic carbocycles. The molecule has 0 aliphatic carbocycles. The number of aliphatic hydroxyl groups excluding tert-OH is 1. The second-order valence-electron chi connectivity index (χ2n) is 2.95. The Hall–Kier alpha value is -0.890. The maximum atomic E-state index is 13.0. The van der Waals surface area contributed by atoms with Crippen LogP contribution in [0.3, 0.4) is 0 Å². The smallest absolute Gasteiger partial charge is 0.271 e. The number of piperidine rings is 1. The molecule has 0 amide bonds. The Morgan fingerprint density at radius 1 is 1.67 bits per heavy atom. The van der Waals surface area contributed by atoms with E-state index in [-0.39, 0.29) is 6.42 Å². The van der Waals surface area contributed by atoms with E-state index in [0.29, 0.717) is 6.54 Å². The van der Waals surface area contributed by atoms with Crippen molar-refractivity contribution in [1.82, 2.24) is 4.90 Å². The molecule has 1 heterocycles. The zero-order valence-corrected chi connectivity index (χ0v) is 6.50. The van der Waals surface area contributed by atoms with Gasteiger partial charge in [0, 0.05) is 12.5 Å². The van der Waals surface area contributed by atoms with E-state index in [2.05, 4.69) is 0 Å². The molecular formula is C7H10F2N2O. The monoisotopic (exact) mass is 176 g/mol. The van der Waals surface area contributed by atoms with Crippen LogP contribution in [0.25, 0.3) is 0 Å². The SMILES string of the molecule is N#CN1CCC(CO)C(F)(F)C1. The van der Waals surface area contributed by atoms with Crippen LogP contribution < -0.4 is 0 Å². The third kappa shape index (κ3) is 1.64. The second kappa shape index (κ2) is 3.23. The number of likely N-dealkylation sites (tertiary alicyclic amines) is 1. The van der Waals surface area contributed by atoms with E-state index in [1.54, 1.807) is 6.19 Å². The summed E-state index contributed by atoms with van der Waals surface area (Å²) in [6.45, 7) is -0.752. The lowest BCUT2D eigenvalue weighted by molar-refractivity contribution is -0.113. The zero-order chi connectivity index (χ0) is 9.19. The molecule has 0 bridgehead atoms. The van der Waals surface area contributed by atoms with Crippen LogP contribution in [-0.2, 0) is 0 Å². The van der Waals surface area contributed by atoms with Crippen LogP contribution in [0.2, 0.25) is 0 Å². The maximum absolute atomic E-state index is 13.0. The van der Waals surface area contributed by atoms with Crippen LogP contribution in [0.5, 0.6) is 0 Å². The normalized spacial score (nSPS) is 28.2. The Balaban J connectivity index is 2.62. The average Bonchev–Trinajstić information content (AvgIpc) is 2.02. The van der Waals surface area contributed by atoms with Gasteiger partial charge in [-0.15, -0.1) is 0 Å². The molecule has 1 fully saturated rings. The fourth-order valence-corrected chi connectivity index (χ4v) is 1.30. The maximum Gasteiger partial charge on any atom is 0.271 e. The third-order valence-corrected chi connectivity index (χ3v) is 2.11. The van der Waals surface area contributed by atoms with Gasteiger partial charge in [-0.3, -0.25) is 0 Å². The van der Waals surface area contributed by atoms with Crippen LogP contribution in [0.1, 0.15) is 6.42 Å². The molecule has 0 radical (unpaired) electrons. The summed E-state index contributed by atoms with van der Waals surface area (Å²) >= 11 is 0. The number of halogens is 2. The molecule has 1 N–H and O–H groups in total. The van der Waals surface area contributed by atoms with E-state index in [1.807, 2.05) is 0 Å². The molecule has 1 aliphatic heterocycles. The minimum Gasteiger partial charge on any atom is -0.396 e. The topological polar surface area (TPSA) is 47.3 Å². The van der Waals surface area contributed by atoms with Crippen molar-refractivity contribution in [2.75, 3.05) is 19.7 Å². The summed E-state index contributed by atoms with van der Waals surface area (Å²) in [6.07, 6.45) is 1.85. The van der Waals surface area contributed by atoms with Gasteiger partial charge >= 0.3 is 0 Å². The van der Waals surface area contributed by atoms with Crippen molar-refractivity contribution in [3.05, 3.63) is 0 Å². The average molecular weight is 176 g/mol. The van der Waals surface area contributed by atoms with Gasteiger partial charge in [0.2, 0.25) is 0 Å². The highest BCUT2D eigenvalue weighted by molar-refractivity contribution is 4.90. The predicted octanol–water partition coefficient (Wildman–Crippen LogP) is 0.417. The van der Waals surface area contributed by atoms with Crippen molar-refractivity contribution in [1.29, 1.82) is 5.26 Å². The second-order valence-corrected chi connectivity index (χ2v) is 2.95. The van der Waals surface area contributed by atoms with Gasteiger partial charge in [0.05, 0.1) is 13.2 Å². The molecule has 1 aliphatic rings. The quantitative estimate of drug-likeness (QED) is 0.589. The molecule has 0 saturated carbocycles. The van der Waals surface area contributed by atoms with E-state index in [1.165, 1.54) is 0 Å². The van der Waals surface area contributed by atoms with E-state index in [9.17, 15) is 8.78 Å². The Labute approximate surface area is 69.2 Å². The van der Waals surface area contributed by atoms with Crippen LogP contribution in [0, 0.1) is 17.4 Å². The van der Waals surface area contributed by atoms with E-state index in [4.69, 9.17) is 10.4 Å². The fraction of sp³-hybridized carbons (Fsp3) is 0.857. The van der Waals surface area contributed by atoms with Gasteiger partial charge in [-0.25, -0.2) is 8.78 Å². The third-order valence-electron chi connectivity index (χ3n) is 2.11. The van der Waals surface area contributed by atoms with Crippen LogP contribution in [0.15, 0.2) is 0 Å². The highest BCUT2D eigenvalue weighted by atomic mass is 19.3. The van der Waals surface area contributed by atoms with Crippen molar-refractivity contribution in [2.24, 2.45) is 5.92 Å². The summed E-state index contributed by atoms with van der Waals surface area (Å²) < 4.78 is 25.9. The highest BCUT2D eigenvalue weighted by Crippen LogP contribution is 2.31. The molecular weight excluding hydrogens is 166 g/mol. The molecule has 68 valence electrons. The molecule has 5 heteroatoms. The first kappa shape index (κ1) is 9.20. The van der Waals surface area contributed by atoms with Crippen molar-refractivity contribution < 1.29 is 13.9 Å². The number of alkyl halides is 2. The summed E-state index contributed by atoms with van der Waals surface area (Å²) in [5.41, 5.74) is 0. The number of nitriles is 1.